The lowest BCUT2D eigenvalue weighted by Gasteiger charge is -2.10. The van der Waals surface area contributed by atoms with E-state index >= 15 is 0 Å². The first-order chi connectivity index (χ1) is 4.09. The SMILES string of the molecule is CC(C)C(=O)N(O)SCl. The summed E-state index contributed by atoms with van der Waals surface area (Å²) in [6.07, 6.45) is 0. The van der Waals surface area contributed by atoms with Crippen LogP contribution in [0.4, 0.5) is 0 Å². The van der Waals surface area contributed by atoms with Gasteiger partial charge in [-0.15, -0.1) is 4.47 Å². The van der Waals surface area contributed by atoms with Crippen molar-refractivity contribution in [1.29, 1.82) is 0 Å². The second-order valence-corrected chi connectivity index (χ2v) is 2.73. The molecule has 0 aromatic heterocycles. The van der Waals surface area contributed by atoms with Crippen LogP contribution in [0, 0.1) is 5.92 Å². The van der Waals surface area contributed by atoms with Gasteiger partial charge in [0.25, 0.3) is 5.91 Å². The monoisotopic (exact) mass is 169 g/mol. The normalized spacial score (nSPS) is 9.89. The number of carbonyl (C=O) groups excluding carboxylic acids is 1. The Kier molecular flexibility index (Phi) is 4.01. The molecule has 5 heteroatoms. The Hall–Kier alpha value is 0.0700. The molecule has 0 saturated carbocycles. The van der Waals surface area contributed by atoms with Gasteiger partial charge in [-0.25, -0.2) is 0 Å². The van der Waals surface area contributed by atoms with Crippen LogP contribution in [0.5, 0.6) is 0 Å². The van der Waals surface area contributed by atoms with Crippen LogP contribution in [0.2, 0.25) is 0 Å². The van der Waals surface area contributed by atoms with Gasteiger partial charge < -0.3 is 0 Å². The Bertz CT molecular complexity index is 109. The van der Waals surface area contributed by atoms with E-state index in [1.165, 1.54) is 0 Å². The highest BCUT2D eigenvalue weighted by molar-refractivity contribution is 8.19. The van der Waals surface area contributed by atoms with Crippen LogP contribution in [0.3, 0.4) is 0 Å². The molecule has 1 amide bonds. The molecule has 54 valence electrons. The Balaban J connectivity index is 3.73. The summed E-state index contributed by atoms with van der Waals surface area (Å²) in [4.78, 5) is 10.6. The summed E-state index contributed by atoms with van der Waals surface area (Å²) in [5.41, 5.74) is 0. The number of halogens is 1. The van der Waals surface area contributed by atoms with Crippen molar-refractivity contribution in [2.24, 2.45) is 5.92 Å². The van der Waals surface area contributed by atoms with E-state index < -0.39 is 5.91 Å². The van der Waals surface area contributed by atoms with E-state index in [1.54, 1.807) is 13.8 Å². The van der Waals surface area contributed by atoms with Crippen LogP contribution in [-0.4, -0.2) is 15.6 Å². The fourth-order valence-corrected chi connectivity index (χ4v) is 0.738. The van der Waals surface area contributed by atoms with E-state index in [-0.39, 0.29) is 5.92 Å². The second kappa shape index (κ2) is 3.98. The van der Waals surface area contributed by atoms with Gasteiger partial charge in [0.1, 0.15) is 0 Å². The van der Waals surface area contributed by atoms with Gasteiger partial charge in [0.05, 0.1) is 11.2 Å². The van der Waals surface area contributed by atoms with Gasteiger partial charge in [0.15, 0.2) is 0 Å². The van der Waals surface area contributed by atoms with Gasteiger partial charge in [-0.2, -0.15) is 0 Å². The zero-order valence-corrected chi connectivity index (χ0v) is 6.74. The van der Waals surface area contributed by atoms with Crippen LogP contribution >= 0.6 is 21.8 Å². The third kappa shape index (κ3) is 2.93. The molecule has 9 heavy (non-hydrogen) atoms. The van der Waals surface area contributed by atoms with E-state index in [4.69, 9.17) is 15.9 Å². The van der Waals surface area contributed by atoms with Crippen LogP contribution in [-0.2, 0) is 4.79 Å². The predicted molar refractivity (Wildman–Crippen MR) is 36.9 cm³/mol. The fraction of sp³-hybridized carbons (Fsp3) is 0.750. The minimum atomic E-state index is -0.394. The van der Waals surface area contributed by atoms with E-state index in [2.05, 4.69) is 0 Å². The van der Waals surface area contributed by atoms with Gasteiger partial charge in [-0.1, -0.05) is 13.8 Å². The third-order valence-electron chi connectivity index (χ3n) is 0.748. The summed E-state index contributed by atoms with van der Waals surface area (Å²) >= 11 is 0.473. The second-order valence-electron chi connectivity index (χ2n) is 1.83. The fourth-order valence-electron chi connectivity index (χ4n) is 0.255. The van der Waals surface area contributed by atoms with Crippen molar-refractivity contribution >= 4 is 27.8 Å². The molecule has 0 radical (unpaired) electrons. The molecule has 0 aliphatic heterocycles. The van der Waals surface area contributed by atoms with Crippen LogP contribution < -0.4 is 0 Å². The summed E-state index contributed by atoms with van der Waals surface area (Å²) in [7, 11) is 5.06. The number of hydroxylamine groups is 1. The molecule has 0 fully saturated rings. The highest BCUT2D eigenvalue weighted by atomic mass is 35.7. The summed E-state index contributed by atoms with van der Waals surface area (Å²) in [6.45, 7) is 3.36. The molecule has 0 rings (SSSR count). The molecule has 0 aliphatic rings. The van der Waals surface area contributed by atoms with Crippen molar-refractivity contribution < 1.29 is 10.0 Å². The largest absolute Gasteiger partial charge is 0.274 e. The van der Waals surface area contributed by atoms with Gasteiger partial charge in [-0.3, -0.25) is 10.0 Å². The zero-order valence-electron chi connectivity index (χ0n) is 5.17. The van der Waals surface area contributed by atoms with Gasteiger partial charge in [0.2, 0.25) is 0 Å². The number of hydrogen-bond donors (Lipinski definition) is 1. The summed E-state index contributed by atoms with van der Waals surface area (Å²) < 4.78 is 0.409. The molecule has 0 heterocycles. The minimum absolute atomic E-state index is 0.221. The van der Waals surface area contributed by atoms with Crippen LogP contribution in [0.25, 0.3) is 0 Å². The smallest absolute Gasteiger partial charge is 0.260 e. The topological polar surface area (TPSA) is 40.5 Å². The van der Waals surface area contributed by atoms with E-state index in [9.17, 15) is 4.79 Å². The van der Waals surface area contributed by atoms with Gasteiger partial charge in [-0.05, 0) is 10.7 Å². The van der Waals surface area contributed by atoms with Crippen molar-refractivity contribution in [3.8, 4) is 0 Å². The van der Waals surface area contributed by atoms with Crippen molar-refractivity contribution in [2.75, 3.05) is 0 Å². The molecule has 0 aromatic carbocycles. The molecular formula is C4H8ClNO2S. The molecule has 3 nitrogen and oxygen atoms in total. The molecule has 0 saturated heterocycles. The first-order valence-electron chi connectivity index (χ1n) is 2.41. The molecule has 0 spiro atoms. The first-order valence-corrected chi connectivity index (χ1v) is 4.01. The number of amides is 1. The van der Waals surface area contributed by atoms with Crippen molar-refractivity contribution in [1.82, 2.24) is 4.47 Å². The Labute approximate surface area is 62.6 Å². The summed E-state index contributed by atoms with van der Waals surface area (Å²) in [5, 5.41) is 8.61. The lowest BCUT2D eigenvalue weighted by Crippen LogP contribution is -2.23. The van der Waals surface area contributed by atoms with Crippen LogP contribution in [0.15, 0.2) is 0 Å². The highest BCUT2D eigenvalue weighted by Gasteiger charge is 2.14. The quantitative estimate of drug-likeness (QED) is 0.388. The molecule has 0 atom stereocenters. The zero-order chi connectivity index (χ0) is 7.44. The number of hydrogen-bond acceptors (Lipinski definition) is 3. The molecule has 0 bridgehead atoms. The summed E-state index contributed by atoms with van der Waals surface area (Å²) in [6, 6.07) is 0. The first kappa shape index (κ1) is 9.07. The Morgan fingerprint density at radius 3 is 2.33 bits per heavy atom. The Morgan fingerprint density at radius 1 is 1.78 bits per heavy atom. The lowest BCUT2D eigenvalue weighted by atomic mass is 10.2. The number of rotatable bonds is 2. The third-order valence-corrected chi connectivity index (χ3v) is 1.45. The molecule has 1 N–H and O–H groups in total. The van der Waals surface area contributed by atoms with Crippen molar-refractivity contribution in [3.63, 3.8) is 0 Å². The van der Waals surface area contributed by atoms with Gasteiger partial charge in [0, 0.05) is 5.92 Å². The van der Waals surface area contributed by atoms with Crippen molar-refractivity contribution in [2.45, 2.75) is 13.8 Å². The summed E-state index contributed by atoms with van der Waals surface area (Å²) in [5.74, 6) is -0.615. The molecule has 0 unspecified atom stereocenters. The predicted octanol–water partition coefficient (Wildman–Crippen LogP) is 1.66. The Morgan fingerprint density at radius 2 is 2.22 bits per heavy atom. The van der Waals surface area contributed by atoms with E-state index in [0.717, 1.165) is 0 Å². The highest BCUT2D eigenvalue weighted by Crippen LogP contribution is 2.14. The number of carbonyl (C=O) groups is 1. The molecule has 0 aliphatic carbocycles. The van der Waals surface area contributed by atoms with Crippen LogP contribution in [0.1, 0.15) is 13.8 Å². The van der Waals surface area contributed by atoms with E-state index in [1.807, 2.05) is 0 Å². The maximum atomic E-state index is 10.6. The van der Waals surface area contributed by atoms with Crippen molar-refractivity contribution in [3.05, 3.63) is 0 Å². The average Bonchev–Trinajstić information content (AvgIpc) is 1.84. The standard InChI is InChI=1S/C4H8ClNO2S/c1-3(2)4(7)6(8)9-5/h3,8H,1-2H3. The maximum absolute atomic E-state index is 10.6. The van der Waals surface area contributed by atoms with Gasteiger partial charge >= 0.3 is 0 Å². The molecular weight excluding hydrogens is 162 g/mol. The maximum Gasteiger partial charge on any atom is 0.260 e. The lowest BCUT2D eigenvalue weighted by molar-refractivity contribution is -0.147. The molecule has 0 aromatic rings. The average molecular weight is 170 g/mol. The number of nitrogens with zero attached hydrogens (tertiary/aromatic N) is 1. The minimum Gasteiger partial charge on any atom is -0.274 e. The van der Waals surface area contributed by atoms with E-state index in [0.29, 0.717) is 15.6 Å².